The van der Waals surface area contributed by atoms with Crippen LogP contribution in [-0.2, 0) is 0 Å². The van der Waals surface area contributed by atoms with Gasteiger partial charge in [0.25, 0.3) is 0 Å². The van der Waals surface area contributed by atoms with Crippen molar-refractivity contribution in [2.24, 2.45) is 0 Å². The number of para-hydroxylation sites is 1. The molecule has 2 aromatic carbocycles. The van der Waals surface area contributed by atoms with E-state index in [4.69, 9.17) is 10.2 Å². The standard InChI is InChI=1S/C15H13BrN2O/c1-8-6-9(2)13(17)10(7-8)15-18-12-5-3-4-11(16)14(12)19-15/h3-7H,17H2,1-2H3. The van der Waals surface area contributed by atoms with Crippen molar-refractivity contribution in [3.63, 3.8) is 0 Å². The molecule has 4 heteroatoms. The van der Waals surface area contributed by atoms with Crippen molar-refractivity contribution in [3.8, 4) is 11.5 Å². The number of hydrogen-bond acceptors (Lipinski definition) is 3. The summed E-state index contributed by atoms with van der Waals surface area (Å²) in [5.74, 6) is 0.561. The van der Waals surface area contributed by atoms with Gasteiger partial charge in [-0.15, -0.1) is 0 Å². The largest absolute Gasteiger partial charge is 0.435 e. The Hall–Kier alpha value is -1.81. The number of benzene rings is 2. The molecule has 0 unspecified atom stereocenters. The summed E-state index contributed by atoms with van der Waals surface area (Å²) in [6.07, 6.45) is 0. The summed E-state index contributed by atoms with van der Waals surface area (Å²) in [7, 11) is 0. The molecule has 0 atom stereocenters. The summed E-state index contributed by atoms with van der Waals surface area (Å²) in [6.45, 7) is 4.03. The minimum absolute atomic E-state index is 0.561. The van der Waals surface area contributed by atoms with Crippen molar-refractivity contribution in [2.75, 3.05) is 5.73 Å². The fraction of sp³-hybridized carbons (Fsp3) is 0.133. The molecule has 0 bridgehead atoms. The number of rotatable bonds is 1. The van der Waals surface area contributed by atoms with Crippen molar-refractivity contribution in [3.05, 3.63) is 45.9 Å². The lowest BCUT2D eigenvalue weighted by molar-refractivity contribution is 0.618. The molecule has 3 rings (SSSR count). The van der Waals surface area contributed by atoms with E-state index in [1.807, 2.05) is 38.1 Å². The van der Waals surface area contributed by atoms with Crippen molar-refractivity contribution in [1.82, 2.24) is 4.98 Å². The van der Waals surface area contributed by atoms with E-state index in [1.165, 1.54) is 0 Å². The van der Waals surface area contributed by atoms with Crippen molar-refractivity contribution >= 4 is 32.7 Å². The van der Waals surface area contributed by atoms with Crippen LogP contribution in [0.4, 0.5) is 5.69 Å². The lowest BCUT2D eigenvalue weighted by Crippen LogP contribution is -1.95. The van der Waals surface area contributed by atoms with Crippen molar-refractivity contribution in [2.45, 2.75) is 13.8 Å². The van der Waals surface area contributed by atoms with Crippen LogP contribution in [0.2, 0.25) is 0 Å². The predicted octanol–water partition coefficient (Wildman–Crippen LogP) is 4.46. The fourth-order valence-corrected chi connectivity index (χ4v) is 2.62. The molecule has 0 saturated carbocycles. The van der Waals surface area contributed by atoms with E-state index in [-0.39, 0.29) is 0 Å². The highest BCUT2D eigenvalue weighted by Crippen LogP contribution is 2.33. The average Bonchev–Trinajstić information content (AvgIpc) is 2.79. The fourth-order valence-electron chi connectivity index (χ4n) is 2.19. The van der Waals surface area contributed by atoms with Crippen LogP contribution >= 0.6 is 15.9 Å². The maximum Gasteiger partial charge on any atom is 0.229 e. The second kappa shape index (κ2) is 4.38. The second-order valence-electron chi connectivity index (χ2n) is 4.65. The van der Waals surface area contributed by atoms with Crippen LogP contribution in [0.3, 0.4) is 0 Å². The number of aryl methyl sites for hydroxylation is 2. The number of aromatic nitrogens is 1. The molecule has 1 aromatic heterocycles. The maximum absolute atomic E-state index is 6.13. The van der Waals surface area contributed by atoms with E-state index in [0.29, 0.717) is 11.6 Å². The molecule has 19 heavy (non-hydrogen) atoms. The van der Waals surface area contributed by atoms with E-state index in [1.54, 1.807) is 0 Å². The monoisotopic (exact) mass is 316 g/mol. The van der Waals surface area contributed by atoms with Crippen molar-refractivity contribution in [1.29, 1.82) is 0 Å². The first kappa shape index (κ1) is 12.2. The number of anilines is 1. The molecule has 0 radical (unpaired) electrons. The summed E-state index contributed by atoms with van der Waals surface area (Å²) >= 11 is 3.47. The number of halogens is 1. The van der Waals surface area contributed by atoms with E-state index >= 15 is 0 Å². The molecule has 0 spiro atoms. The maximum atomic E-state index is 6.13. The Labute approximate surface area is 119 Å². The third-order valence-electron chi connectivity index (χ3n) is 3.13. The molecular formula is C15H13BrN2O. The molecule has 0 aliphatic heterocycles. The normalized spacial score (nSPS) is 11.1. The van der Waals surface area contributed by atoms with Gasteiger partial charge in [0.05, 0.1) is 10.0 Å². The van der Waals surface area contributed by atoms with E-state index < -0.39 is 0 Å². The van der Waals surface area contributed by atoms with Gasteiger partial charge in [-0.1, -0.05) is 12.1 Å². The Morgan fingerprint density at radius 1 is 1.21 bits per heavy atom. The first-order valence-electron chi connectivity index (χ1n) is 5.98. The van der Waals surface area contributed by atoms with E-state index in [9.17, 15) is 0 Å². The van der Waals surface area contributed by atoms with Gasteiger partial charge in [0.2, 0.25) is 5.89 Å². The quantitative estimate of drug-likeness (QED) is 0.674. The summed E-state index contributed by atoms with van der Waals surface area (Å²) < 4.78 is 6.73. The lowest BCUT2D eigenvalue weighted by Gasteiger charge is -2.06. The van der Waals surface area contributed by atoms with Gasteiger partial charge >= 0.3 is 0 Å². The van der Waals surface area contributed by atoms with E-state index in [2.05, 4.69) is 27.0 Å². The van der Waals surface area contributed by atoms with Crippen molar-refractivity contribution < 1.29 is 4.42 Å². The van der Waals surface area contributed by atoms with Gasteiger partial charge in [-0.3, -0.25) is 0 Å². The topological polar surface area (TPSA) is 52.0 Å². The number of nitrogens with zero attached hydrogens (tertiary/aromatic N) is 1. The van der Waals surface area contributed by atoms with Crippen LogP contribution in [0.15, 0.2) is 39.2 Å². The SMILES string of the molecule is Cc1cc(C)c(N)c(-c2nc3cccc(Br)c3o2)c1. The zero-order valence-electron chi connectivity index (χ0n) is 10.7. The van der Waals surface area contributed by atoms with Crippen LogP contribution in [-0.4, -0.2) is 4.98 Å². The lowest BCUT2D eigenvalue weighted by atomic mass is 10.0. The Morgan fingerprint density at radius 2 is 2.00 bits per heavy atom. The highest BCUT2D eigenvalue weighted by molar-refractivity contribution is 9.10. The minimum Gasteiger partial charge on any atom is -0.435 e. The van der Waals surface area contributed by atoms with Gasteiger partial charge in [0, 0.05) is 5.69 Å². The zero-order valence-corrected chi connectivity index (χ0v) is 12.3. The van der Waals surface area contributed by atoms with E-state index in [0.717, 1.165) is 32.3 Å². The molecule has 0 aliphatic rings. The Balaban J connectivity index is 2.28. The second-order valence-corrected chi connectivity index (χ2v) is 5.50. The first-order chi connectivity index (χ1) is 9.06. The number of nitrogen functional groups attached to an aromatic ring is 1. The first-order valence-corrected chi connectivity index (χ1v) is 6.77. The zero-order chi connectivity index (χ0) is 13.6. The van der Waals surface area contributed by atoms with Crippen LogP contribution < -0.4 is 5.73 Å². The molecule has 0 aliphatic carbocycles. The van der Waals surface area contributed by atoms with Gasteiger partial charge < -0.3 is 10.2 Å². The van der Waals surface area contributed by atoms with Crippen LogP contribution in [0.5, 0.6) is 0 Å². The third kappa shape index (κ3) is 2.02. The van der Waals surface area contributed by atoms with Gasteiger partial charge in [-0.05, 0) is 59.1 Å². The molecule has 1 heterocycles. The van der Waals surface area contributed by atoms with Gasteiger partial charge in [-0.25, -0.2) is 4.98 Å². The molecule has 0 saturated heterocycles. The molecule has 96 valence electrons. The van der Waals surface area contributed by atoms with Gasteiger partial charge in [0.15, 0.2) is 5.58 Å². The smallest absolute Gasteiger partial charge is 0.229 e. The number of nitrogens with two attached hydrogens (primary N) is 1. The molecule has 3 aromatic rings. The minimum atomic E-state index is 0.561. The van der Waals surface area contributed by atoms with Crippen LogP contribution in [0, 0.1) is 13.8 Å². The molecule has 0 fully saturated rings. The predicted molar refractivity (Wildman–Crippen MR) is 81.0 cm³/mol. The Morgan fingerprint density at radius 3 is 2.74 bits per heavy atom. The highest BCUT2D eigenvalue weighted by atomic mass is 79.9. The van der Waals surface area contributed by atoms with Gasteiger partial charge in [-0.2, -0.15) is 0 Å². The Bertz CT molecular complexity index is 777. The summed E-state index contributed by atoms with van der Waals surface area (Å²) in [5.41, 5.74) is 11.4. The summed E-state index contributed by atoms with van der Waals surface area (Å²) in [5, 5.41) is 0. The van der Waals surface area contributed by atoms with Crippen LogP contribution in [0.1, 0.15) is 11.1 Å². The molecule has 2 N–H and O–H groups in total. The van der Waals surface area contributed by atoms with Crippen LogP contribution in [0.25, 0.3) is 22.6 Å². The summed E-state index contributed by atoms with van der Waals surface area (Å²) in [6, 6.07) is 9.84. The molecule has 3 nitrogen and oxygen atoms in total. The molecule has 0 amide bonds. The third-order valence-corrected chi connectivity index (χ3v) is 3.75. The number of fused-ring (bicyclic) bond motifs is 1. The number of oxazole rings is 1. The Kier molecular flexibility index (Phi) is 2.82. The van der Waals surface area contributed by atoms with Gasteiger partial charge in [0.1, 0.15) is 5.52 Å². The molecular weight excluding hydrogens is 304 g/mol. The highest BCUT2D eigenvalue weighted by Gasteiger charge is 2.14. The summed E-state index contributed by atoms with van der Waals surface area (Å²) in [4.78, 5) is 4.51. The average molecular weight is 317 g/mol. The number of hydrogen-bond donors (Lipinski definition) is 1.